The van der Waals surface area contributed by atoms with Gasteiger partial charge < -0.3 is 24.8 Å². The Morgan fingerprint density at radius 2 is 1.97 bits per heavy atom. The number of aromatic nitrogens is 2. The maximum atomic E-state index is 9.71. The highest BCUT2D eigenvalue weighted by molar-refractivity contribution is 6.33. The molecule has 0 atom stereocenters. The predicted molar refractivity (Wildman–Crippen MR) is 137 cm³/mol. The first kappa shape index (κ1) is 25.6. The highest BCUT2D eigenvalue weighted by Gasteiger charge is 2.32. The summed E-state index contributed by atoms with van der Waals surface area (Å²) in [4.78, 5) is 9.26. The minimum atomic E-state index is -0.421. The van der Waals surface area contributed by atoms with Crippen LogP contribution in [0.15, 0.2) is 30.5 Å². The van der Waals surface area contributed by atoms with Gasteiger partial charge in [-0.15, -0.1) is 0 Å². The van der Waals surface area contributed by atoms with E-state index in [2.05, 4.69) is 21.7 Å². The number of pyridine rings is 2. The molecule has 188 valence electrons. The zero-order valence-corrected chi connectivity index (χ0v) is 21.0. The van der Waals surface area contributed by atoms with Gasteiger partial charge in [0, 0.05) is 44.7 Å². The van der Waals surface area contributed by atoms with Crippen LogP contribution in [0.4, 0.5) is 11.6 Å². The van der Waals surface area contributed by atoms with Crippen LogP contribution in [0.25, 0.3) is 11.3 Å². The van der Waals surface area contributed by atoms with Gasteiger partial charge in [0.05, 0.1) is 41.5 Å². The van der Waals surface area contributed by atoms with E-state index in [9.17, 15) is 5.26 Å². The summed E-state index contributed by atoms with van der Waals surface area (Å²) in [5.74, 6) is 1.51. The molecule has 2 fully saturated rings. The molecule has 0 radical (unpaired) electrons. The highest BCUT2D eigenvalue weighted by Crippen LogP contribution is 2.32. The molecule has 1 saturated carbocycles. The first-order valence-electron chi connectivity index (χ1n) is 12.3. The van der Waals surface area contributed by atoms with Crippen LogP contribution in [-0.4, -0.2) is 62.2 Å². The molecule has 8 nitrogen and oxygen atoms in total. The van der Waals surface area contributed by atoms with Crippen molar-refractivity contribution in [1.29, 1.82) is 5.26 Å². The lowest BCUT2D eigenvalue weighted by Gasteiger charge is -2.30. The molecule has 35 heavy (non-hydrogen) atoms. The van der Waals surface area contributed by atoms with Crippen molar-refractivity contribution in [2.24, 2.45) is 5.41 Å². The first-order chi connectivity index (χ1) is 17.1. The molecular formula is C26H34ClN5O3. The number of hydrogen-bond donors (Lipinski definition) is 2. The van der Waals surface area contributed by atoms with E-state index in [4.69, 9.17) is 30.8 Å². The minimum absolute atomic E-state index is 0.303. The molecular weight excluding hydrogens is 466 g/mol. The van der Waals surface area contributed by atoms with Crippen LogP contribution in [0.2, 0.25) is 5.02 Å². The molecule has 2 aromatic heterocycles. The molecule has 1 saturated heterocycles. The maximum Gasteiger partial charge on any atom is 0.126 e. The smallest absolute Gasteiger partial charge is 0.126 e. The molecule has 2 aromatic rings. The molecule has 2 N–H and O–H groups in total. The second-order valence-corrected chi connectivity index (χ2v) is 9.70. The Morgan fingerprint density at radius 3 is 2.71 bits per heavy atom. The lowest BCUT2D eigenvalue weighted by atomic mass is 9.82. The van der Waals surface area contributed by atoms with E-state index in [1.54, 1.807) is 13.3 Å². The van der Waals surface area contributed by atoms with Gasteiger partial charge >= 0.3 is 0 Å². The molecule has 0 unspecified atom stereocenters. The van der Waals surface area contributed by atoms with E-state index in [1.807, 2.05) is 24.3 Å². The molecule has 0 amide bonds. The number of rotatable bonds is 10. The van der Waals surface area contributed by atoms with Crippen molar-refractivity contribution in [2.45, 2.75) is 50.7 Å². The summed E-state index contributed by atoms with van der Waals surface area (Å²) in [6.07, 6.45) is 7.53. The third-order valence-electron chi connectivity index (χ3n) is 6.84. The molecule has 9 heteroatoms. The number of halogens is 1. The van der Waals surface area contributed by atoms with Crippen LogP contribution in [0.5, 0.6) is 0 Å². The highest BCUT2D eigenvalue weighted by atomic mass is 35.5. The van der Waals surface area contributed by atoms with Gasteiger partial charge in [-0.2, -0.15) is 5.26 Å². The summed E-state index contributed by atoms with van der Waals surface area (Å²) >= 11 is 6.51. The van der Waals surface area contributed by atoms with Crippen molar-refractivity contribution < 1.29 is 14.2 Å². The minimum Gasteiger partial charge on any atom is -0.382 e. The maximum absolute atomic E-state index is 9.71. The summed E-state index contributed by atoms with van der Waals surface area (Å²) in [7, 11) is 1.69. The van der Waals surface area contributed by atoms with Crippen LogP contribution in [0.1, 0.15) is 38.5 Å². The molecule has 0 spiro atoms. The number of hydrogen-bond acceptors (Lipinski definition) is 8. The van der Waals surface area contributed by atoms with Crippen molar-refractivity contribution in [3.63, 3.8) is 0 Å². The Bertz CT molecular complexity index is 1000. The predicted octanol–water partition coefficient (Wildman–Crippen LogP) is 4.92. The number of nitrogens with one attached hydrogen (secondary N) is 2. The third kappa shape index (κ3) is 7.05. The van der Waals surface area contributed by atoms with Gasteiger partial charge in [0.1, 0.15) is 11.6 Å². The monoisotopic (exact) mass is 499 g/mol. The lowest BCUT2D eigenvalue weighted by molar-refractivity contribution is -0.00156. The van der Waals surface area contributed by atoms with Crippen LogP contribution in [0, 0.1) is 16.7 Å². The number of anilines is 2. The van der Waals surface area contributed by atoms with E-state index in [0.717, 1.165) is 61.4 Å². The van der Waals surface area contributed by atoms with Crippen LogP contribution in [0.3, 0.4) is 0 Å². The second-order valence-electron chi connectivity index (χ2n) is 9.30. The number of ether oxygens (including phenoxy) is 3. The SMILES string of the molecule is COCCOC1CCC(Nc2cc(-c3cccc(NCC4(C#N)CCOCC4)n3)c(Cl)cn2)CC1. The van der Waals surface area contributed by atoms with E-state index < -0.39 is 5.41 Å². The normalized spacial score (nSPS) is 21.7. The first-order valence-corrected chi connectivity index (χ1v) is 12.7. The zero-order valence-electron chi connectivity index (χ0n) is 20.3. The fourth-order valence-corrected chi connectivity index (χ4v) is 4.83. The lowest BCUT2D eigenvalue weighted by Crippen LogP contribution is -2.34. The van der Waals surface area contributed by atoms with Gasteiger partial charge in [-0.05, 0) is 56.7 Å². The van der Waals surface area contributed by atoms with E-state index in [0.29, 0.717) is 50.1 Å². The van der Waals surface area contributed by atoms with Crippen LogP contribution in [-0.2, 0) is 14.2 Å². The van der Waals surface area contributed by atoms with E-state index in [1.165, 1.54) is 0 Å². The zero-order chi connectivity index (χ0) is 24.5. The van der Waals surface area contributed by atoms with Gasteiger partial charge in [0.25, 0.3) is 0 Å². The van der Waals surface area contributed by atoms with Gasteiger partial charge in [-0.1, -0.05) is 17.7 Å². The second kappa shape index (κ2) is 12.5. The van der Waals surface area contributed by atoms with Gasteiger partial charge in [-0.25, -0.2) is 9.97 Å². The fourth-order valence-electron chi connectivity index (χ4n) is 4.63. The molecule has 1 aliphatic carbocycles. The Labute approximate surface area is 212 Å². The summed E-state index contributed by atoms with van der Waals surface area (Å²) in [5.41, 5.74) is 1.17. The molecule has 4 rings (SSSR count). The Morgan fingerprint density at radius 1 is 1.17 bits per heavy atom. The number of methoxy groups -OCH3 is 1. The van der Waals surface area contributed by atoms with Crippen molar-refractivity contribution in [3.05, 3.63) is 35.5 Å². The number of nitriles is 1. The molecule has 0 bridgehead atoms. The van der Waals surface area contributed by atoms with Gasteiger partial charge in [0.15, 0.2) is 0 Å². The van der Waals surface area contributed by atoms with Crippen molar-refractivity contribution in [1.82, 2.24) is 9.97 Å². The molecule has 3 heterocycles. The van der Waals surface area contributed by atoms with Crippen molar-refractivity contribution >= 4 is 23.2 Å². The average molecular weight is 500 g/mol. The van der Waals surface area contributed by atoms with Crippen molar-refractivity contribution in [3.8, 4) is 17.3 Å². The molecule has 1 aliphatic heterocycles. The summed E-state index contributed by atoms with van der Waals surface area (Å²) in [5, 5.41) is 17.2. The largest absolute Gasteiger partial charge is 0.382 e. The number of nitrogens with zero attached hydrogens (tertiary/aromatic N) is 3. The molecule has 0 aromatic carbocycles. The third-order valence-corrected chi connectivity index (χ3v) is 7.14. The Hall–Kier alpha value is -2.44. The summed E-state index contributed by atoms with van der Waals surface area (Å²) < 4.78 is 16.4. The fraction of sp³-hybridized carbons (Fsp3) is 0.577. The van der Waals surface area contributed by atoms with Gasteiger partial charge in [0.2, 0.25) is 0 Å². The van der Waals surface area contributed by atoms with Crippen LogP contribution >= 0.6 is 11.6 Å². The van der Waals surface area contributed by atoms with Gasteiger partial charge in [-0.3, -0.25) is 0 Å². The standard InChI is InChI=1S/C26H34ClN5O3/c1-33-13-14-35-20-7-5-19(6-8-20)31-25-15-21(22(27)16-29-25)23-3-2-4-24(32-23)30-18-26(17-28)9-11-34-12-10-26/h2-4,15-16,19-20H,5-14,18H2,1H3,(H,29,31)(H,30,32). The van der Waals surface area contributed by atoms with E-state index >= 15 is 0 Å². The topological polar surface area (TPSA) is 101 Å². The Kier molecular flexibility index (Phi) is 9.16. The summed E-state index contributed by atoms with van der Waals surface area (Å²) in [6.45, 7) is 3.06. The van der Waals surface area contributed by atoms with Crippen molar-refractivity contribution in [2.75, 3.05) is 50.7 Å². The molecule has 2 aliphatic rings. The van der Waals surface area contributed by atoms with E-state index in [-0.39, 0.29) is 0 Å². The Balaban J connectivity index is 1.38. The average Bonchev–Trinajstić information content (AvgIpc) is 2.90. The van der Waals surface area contributed by atoms with Crippen LogP contribution < -0.4 is 10.6 Å². The summed E-state index contributed by atoms with van der Waals surface area (Å²) in [6, 6.07) is 10.6. The quantitative estimate of drug-likeness (QED) is 0.444.